The van der Waals surface area contributed by atoms with E-state index in [2.05, 4.69) is 66.8 Å². The van der Waals surface area contributed by atoms with Crippen molar-refractivity contribution in [3.8, 4) is 34.2 Å². The van der Waals surface area contributed by atoms with Gasteiger partial charge in [-0.3, -0.25) is 9.36 Å². The smallest absolute Gasteiger partial charge is 0.259 e. The van der Waals surface area contributed by atoms with Crippen LogP contribution in [0.25, 0.3) is 67.0 Å². The van der Waals surface area contributed by atoms with Crippen molar-refractivity contribution in [3.05, 3.63) is 179 Å². The topological polar surface area (TPSA) is 99.3 Å². The van der Waals surface area contributed by atoms with Gasteiger partial charge in [-0.05, 0) is 66.8 Å². The summed E-state index contributed by atoms with van der Waals surface area (Å²) in [4.78, 5) is 45.0. The highest BCUT2D eigenvalue weighted by Crippen LogP contribution is 2.51. The summed E-state index contributed by atoms with van der Waals surface area (Å²) in [6, 6.07) is 32.3. The fourth-order valence-electron chi connectivity index (χ4n) is 8.94. The summed E-state index contributed by atoms with van der Waals surface area (Å²) >= 11 is 0. The van der Waals surface area contributed by atoms with E-state index in [1.807, 2.05) is 83.4 Å². The lowest BCUT2D eigenvalue weighted by atomic mass is 9.80. The van der Waals surface area contributed by atoms with Crippen LogP contribution >= 0.6 is 0 Å². The molecule has 0 saturated heterocycles. The zero-order valence-electron chi connectivity index (χ0n) is 31.2. The Balaban J connectivity index is 1.09. The van der Waals surface area contributed by atoms with Gasteiger partial charge < -0.3 is 0 Å². The Kier molecular flexibility index (Phi) is 8.01. The minimum atomic E-state index is -0.153. The molecule has 11 rings (SSSR count). The van der Waals surface area contributed by atoms with E-state index in [-0.39, 0.29) is 23.4 Å². The molecule has 4 heterocycles. The molecule has 4 aromatic carbocycles. The van der Waals surface area contributed by atoms with Crippen LogP contribution in [0.1, 0.15) is 73.0 Å². The van der Waals surface area contributed by atoms with Crippen LogP contribution in [0.5, 0.6) is 0 Å². The molecule has 0 fully saturated rings. The molecule has 0 spiro atoms. The third-order valence-corrected chi connectivity index (χ3v) is 11.7. The van der Waals surface area contributed by atoms with E-state index in [0.29, 0.717) is 22.9 Å². The summed E-state index contributed by atoms with van der Waals surface area (Å²) in [5.41, 5.74) is 6.99. The number of hydrogen-bond donors (Lipinski definition) is 0. The van der Waals surface area contributed by atoms with Gasteiger partial charge in [0, 0.05) is 44.9 Å². The SMILES string of the molecule is O=c1c2ccccc2c2cc(-c3nc(-c4ccccc4)nc(-c4ccccc4)n3)cc3c2n1C1C=CC(c2nc(C4=CCCC=C4)nc(C4=CC=CCC4)n2)CC31. The highest BCUT2D eigenvalue weighted by molar-refractivity contribution is 6.08. The van der Waals surface area contributed by atoms with E-state index >= 15 is 0 Å². The highest BCUT2D eigenvalue weighted by atomic mass is 16.1. The largest absolute Gasteiger partial charge is 0.300 e. The van der Waals surface area contributed by atoms with Gasteiger partial charge in [0.1, 0.15) is 5.82 Å². The van der Waals surface area contributed by atoms with E-state index in [4.69, 9.17) is 29.9 Å². The Hall–Kier alpha value is -6.93. The number of nitrogens with zero attached hydrogens (tertiary/aromatic N) is 7. The van der Waals surface area contributed by atoms with E-state index in [1.165, 1.54) is 0 Å². The fraction of sp³-hybridized carbons (Fsp3) is 0.163. The standard InChI is InChI=1S/C49H37N7O/c57-49-37-24-14-13-23-36(37)39-28-35(48-54-45(32-19-9-3-10-20-32)51-46(55-48)33-21-11-4-12-22-33)29-40-38-27-34(25-26-41(38)56(49)42(39)40)47-52-43(30-15-5-1-6-16-30)50-44(53-47)31-17-7-2-8-18-31/h1,3-5,7,9-15,17-26,28-29,34,38,41H,2,6,8,16,27H2. The Morgan fingerprint density at radius 1 is 0.596 bits per heavy atom. The molecule has 3 aromatic heterocycles. The molecule has 3 atom stereocenters. The van der Waals surface area contributed by atoms with Crippen LogP contribution in [0.2, 0.25) is 0 Å². The van der Waals surface area contributed by atoms with Crippen LogP contribution in [-0.2, 0) is 0 Å². The average Bonchev–Trinajstić information content (AvgIpc) is 3.63. The van der Waals surface area contributed by atoms with Crippen molar-refractivity contribution in [1.82, 2.24) is 34.5 Å². The number of fused-ring (bicyclic) bond motifs is 5. The molecule has 1 aliphatic heterocycles. The van der Waals surface area contributed by atoms with Crippen molar-refractivity contribution in [2.24, 2.45) is 0 Å². The normalized spacial score (nSPS) is 19.5. The number of hydrogen-bond acceptors (Lipinski definition) is 7. The van der Waals surface area contributed by atoms with Crippen molar-refractivity contribution < 1.29 is 0 Å². The molecule has 274 valence electrons. The number of rotatable bonds is 6. The lowest BCUT2D eigenvalue weighted by Crippen LogP contribution is -2.26. The third-order valence-electron chi connectivity index (χ3n) is 11.7. The molecule has 4 aliphatic rings. The highest BCUT2D eigenvalue weighted by Gasteiger charge is 2.40. The Morgan fingerprint density at radius 2 is 1.28 bits per heavy atom. The first-order valence-electron chi connectivity index (χ1n) is 19.8. The minimum absolute atomic E-state index is 0.00901. The van der Waals surface area contributed by atoms with E-state index in [9.17, 15) is 4.79 Å². The molecule has 0 amide bonds. The summed E-state index contributed by atoms with van der Waals surface area (Å²) in [6.45, 7) is 0. The predicted octanol–water partition coefficient (Wildman–Crippen LogP) is 10.4. The van der Waals surface area contributed by atoms with Gasteiger partial charge >= 0.3 is 0 Å². The van der Waals surface area contributed by atoms with Gasteiger partial charge in [-0.2, -0.15) is 0 Å². The summed E-state index contributed by atoms with van der Waals surface area (Å²) in [6.07, 6.45) is 22.0. The molecular weight excluding hydrogens is 703 g/mol. The van der Waals surface area contributed by atoms with Gasteiger partial charge in [-0.1, -0.05) is 127 Å². The molecule has 8 nitrogen and oxygen atoms in total. The number of aromatic nitrogens is 7. The molecular formula is C49H37N7O. The zero-order chi connectivity index (χ0) is 37.9. The number of benzene rings is 4. The van der Waals surface area contributed by atoms with Crippen LogP contribution in [0, 0.1) is 0 Å². The summed E-state index contributed by atoms with van der Waals surface area (Å²) < 4.78 is 2.02. The van der Waals surface area contributed by atoms with Crippen LogP contribution < -0.4 is 5.56 Å². The molecule has 0 radical (unpaired) electrons. The molecule has 7 aromatic rings. The molecule has 3 aliphatic carbocycles. The van der Waals surface area contributed by atoms with Crippen molar-refractivity contribution in [2.75, 3.05) is 0 Å². The molecule has 8 heteroatoms. The number of allylic oxidation sites excluding steroid dienone is 10. The maximum Gasteiger partial charge on any atom is 0.259 e. The van der Waals surface area contributed by atoms with Crippen LogP contribution in [0.3, 0.4) is 0 Å². The van der Waals surface area contributed by atoms with Crippen LogP contribution in [-0.4, -0.2) is 34.5 Å². The van der Waals surface area contributed by atoms with Crippen LogP contribution in [0.15, 0.2) is 150 Å². The number of pyridine rings is 1. The van der Waals surface area contributed by atoms with E-state index < -0.39 is 0 Å². The van der Waals surface area contributed by atoms with Crippen molar-refractivity contribution in [2.45, 2.75) is 50.0 Å². The van der Waals surface area contributed by atoms with Crippen molar-refractivity contribution in [1.29, 1.82) is 0 Å². The van der Waals surface area contributed by atoms with Gasteiger partial charge in [0.05, 0.1) is 11.6 Å². The molecule has 57 heavy (non-hydrogen) atoms. The van der Waals surface area contributed by atoms with Gasteiger partial charge in [0.2, 0.25) is 0 Å². The first kappa shape index (κ1) is 33.4. The fourth-order valence-corrected chi connectivity index (χ4v) is 8.94. The minimum Gasteiger partial charge on any atom is -0.300 e. The lowest BCUT2D eigenvalue weighted by Gasteiger charge is -2.28. The van der Waals surface area contributed by atoms with Gasteiger partial charge in [-0.15, -0.1) is 0 Å². The lowest BCUT2D eigenvalue weighted by molar-refractivity contribution is 0.447. The van der Waals surface area contributed by atoms with Gasteiger partial charge in [-0.25, -0.2) is 29.9 Å². The zero-order valence-corrected chi connectivity index (χ0v) is 31.2. The van der Waals surface area contributed by atoms with E-state index in [1.54, 1.807) is 0 Å². The van der Waals surface area contributed by atoms with Gasteiger partial charge in [0.15, 0.2) is 29.1 Å². The summed E-state index contributed by atoms with van der Waals surface area (Å²) in [7, 11) is 0. The predicted molar refractivity (Wildman–Crippen MR) is 226 cm³/mol. The first-order chi connectivity index (χ1) is 28.2. The first-order valence-corrected chi connectivity index (χ1v) is 19.8. The third kappa shape index (κ3) is 5.79. The molecule has 0 bridgehead atoms. The van der Waals surface area contributed by atoms with Crippen molar-refractivity contribution in [3.63, 3.8) is 0 Å². The Morgan fingerprint density at radius 3 is 1.98 bits per heavy atom. The Bertz CT molecular complexity index is 2920. The average molecular weight is 740 g/mol. The second-order valence-electron chi connectivity index (χ2n) is 15.2. The summed E-state index contributed by atoms with van der Waals surface area (Å²) in [5.74, 6) is 3.94. The quantitative estimate of drug-likeness (QED) is 0.124. The molecule has 0 N–H and O–H groups in total. The Labute approximate surface area is 329 Å². The molecule has 3 unspecified atom stereocenters. The van der Waals surface area contributed by atoms with Gasteiger partial charge in [0.25, 0.3) is 5.56 Å². The maximum absolute atomic E-state index is 14.4. The second kappa shape index (κ2) is 13.7. The maximum atomic E-state index is 14.4. The molecule has 0 saturated carbocycles. The summed E-state index contributed by atoms with van der Waals surface area (Å²) in [5, 5.41) is 2.63. The van der Waals surface area contributed by atoms with Crippen LogP contribution in [0.4, 0.5) is 0 Å². The second-order valence-corrected chi connectivity index (χ2v) is 15.2. The monoisotopic (exact) mass is 739 g/mol. The van der Waals surface area contributed by atoms with Crippen molar-refractivity contribution >= 4 is 32.8 Å². The van der Waals surface area contributed by atoms with E-state index in [0.717, 1.165) is 99.3 Å².